The molecule has 2 atom stereocenters. The fourth-order valence-electron chi connectivity index (χ4n) is 2.55. The van der Waals surface area contributed by atoms with E-state index in [9.17, 15) is 9.59 Å². The zero-order chi connectivity index (χ0) is 15.1. The van der Waals surface area contributed by atoms with Gasteiger partial charge < -0.3 is 14.5 Å². The Bertz CT molecular complexity index is 323. The molecule has 1 heterocycles. The summed E-state index contributed by atoms with van der Waals surface area (Å²) in [6, 6.07) is 0. The molecule has 0 aromatic rings. The molecule has 1 fully saturated rings. The second-order valence-corrected chi connectivity index (χ2v) is 5.61. The number of hydrogen-bond donors (Lipinski definition) is 0. The van der Waals surface area contributed by atoms with Crippen molar-refractivity contribution in [1.82, 2.24) is 9.80 Å². The molecule has 0 radical (unpaired) electrons. The lowest BCUT2D eigenvalue weighted by atomic mass is 10.2. The molecule has 0 aliphatic carbocycles. The van der Waals surface area contributed by atoms with Gasteiger partial charge in [0.15, 0.2) is 0 Å². The molecule has 0 N–H and O–H groups in total. The lowest BCUT2D eigenvalue weighted by molar-refractivity contribution is -0.158. The van der Waals surface area contributed by atoms with Gasteiger partial charge in [0.1, 0.15) is 0 Å². The molecule has 0 aromatic carbocycles. The summed E-state index contributed by atoms with van der Waals surface area (Å²) in [4.78, 5) is 28.0. The van der Waals surface area contributed by atoms with Crippen molar-refractivity contribution in [3.05, 3.63) is 0 Å². The quantitative estimate of drug-likeness (QED) is 0.721. The molecule has 2 unspecified atom stereocenters. The molecule has 1 saturated heterocycles. The summed E-state index contributed by atoms with van der Waals surface area (Å²) in [5.41, 5.74) is 0. The van der Waals surface area contributed by atoms with Crippen molar-refractivity contribution in [3.63, 3.8) is 0 Å². The Kier molecular flexibility index (Phi) is 6.99. The van der Waals surface area contributed by atoms with E-state index in [0.29, 0.717) is 26.2 Å². The van der Waals surface area contributed by atoms with Crippen LogP contribution in [-0.4, -0.2) is 60.0 Å². The van der Waals surface area contributed by atoms with E-state index in [1.165, 1.54) is 0 Å². The van der Waals surface area contributed by atoms with Crippen LogP contribution in [0.1, 0.15) is 47.0 Å². The van der Waals surface area contributed by atoms with Gasteiger partial charge in [0.05, 0.1) is 12.2 Å². The van der Waals surface area contributed by atoms with E-state index < -0.39 is 0 Å². The predicted octanol–water partition coefficient (Wildman–Crippen LogP) is 1.66. The highest BCUT2D eigenvalue weighted by Crippen LogP contribution is 2.12. The minimum Gasteiger partial charge on any atom is -0.372 e. The van der Waals surface area contributed by atoms with Gasteiger partial charge in [0.2, 0.25) is 0 Å². The van der Waals surface area contributed by atoms with E-state index in [0.717, 1.165) is 19.3 Å². The molecule has 5 heteroatoms. The first-order valence-electron chi connectivity index (χ1n) is 7.73. The summed E-state index contributed by atoms with van der Waals surface area (Å²) in [5, 5.41) is 0. The molecule has 2 amide bonds. The normalized spacial score (nSPS) is 22.7. The molecule has 5 nitrogen and oxygen atoms in total. The Balaban J connectivity index is 2.64. The average Bonchev–Trinajstić information content (AvgIpc) is 2.40. The smallest absolute Gasteiger partial charge is 0.312 e. The Morgan fingerprint density at radius 2 is 1.70 bits per heavy atom. The molecule has 0 aromatic heterocycles. The first-order valence-corrected chi connectivity index (χ1v) is 7.73. The number of morpholine rings is 1. The Hall–Kier alpha value is -1.10. The van der Waals surface area contributed by atoms with Crippen molar-refractivity contribution in [1.29, 1.82) is 0 Å². The van der Waals surface area contributed by atoms with Gasteiger partial charge in [-0.25, -0.2) is 0 Å². The molecule has 1 aliphatic heterocycles. The maximum absolute atomic E-state index is 12.3. The van der Waals surface area contributed by atoms with Crippen molar-refractivity contribution in [2.24, 2.45) is 0 Å². The molecule has 116 valence electrons. The highest BCUT2D eigenvalue weighted by atomic mass is 16.5. The van der Waals surface area contributed by atoms with Gasteiger partial charge in [-0.15, -0.1) is 0 Å². The number of nitrogens with zero attached hydrogens (tertiary/aromatic N) is 2. The van der Waals surface area contributed by atoms with Crippen LogP contribution in [0.25, 0.3) is 0 Å². The van der Waals surface area contributed by atoms with Crippen LogP contribution in [0.3, 0.4) is 0 Å². The van der Waals surface area contributed by atoms with Crippen LogP contribution >= 0.6 is 0 Å². The Labute approximate surface area is 122 Å². The number of ether oxygens (including phenoxy) is 1. The molecule has 0 spiro atoms. The number of unbranched alkanes of at least 4 members (excludes halogenated alkanes) is 1. The first-order chi connectivity index (χ1) is 9.49. The number of hydrogen-bond acceptors (Lipinski definition) is 3. The van der Waals surface area contributed by atoms with Gasteiger partial charge in [-0.05, 0) is 26.7 Å². The van der Waals surface area contributed by atoms with Crippen molar-refractivity contribution in [3.8, 4) is 0 Å². The van der Waals surface area contributed by atoms with Gasteiger partial charge in [0.25, 0.3) is 0 Å². The van der Waals surface area contributed by atoms with Crippen LogP contribution < -0.4 is 0 Å². The highest BCUT2D eigenvalue weighted by Gasteiger charge is 2.31. The molecular weight excluding hydrogens is 256 g/mol. The second-order valence-electron chi connectivity index (χ2n) is 5.61. The highest BCUT2D eigenvalue weighted by molar-refractivity contribution is 6.34. The fourth-order valence-corrected chi connectivity index (χ4v) is 2.55. The SMILES string of the molecule is CCCCN(CCC)C(=O)C(=O)N1CC(C)OC(C)C1. The number of carbonyl (C=O) groups excluding carboxylic acids is 2. The summed E-state index contributed by atoms with van der Waals surface area (Å²) >= 11 is 0. The molecular formula is C15H28N2O3. The third kappa shape index (κ3) is 4.78. The number of amides is 2. The number of carbonyl (C=O) groups is 2. The maximum atomic E-state index is 12.3. The lowest BCUT2D eigenvalue weighted by Gasteiger charge is -2.35. The molecule has 0 bridgehead atoms. The van der Waals surface area contributed by atoms with Crippen molar-refractivity contribution < 1.29 is 14.3 Å². The van der Waals surface area contributed by atoms with Gasteiger partial charge in [0, 0.05) is 26.2 Å². The van der Waals surface area contributed by atoms with E-state index in [1.54, 1.807) is 9.80 Å². The summed E-state index contributed by atoms with van der Waals surface area (Å²) in [5.74, 6) is -0.738. The van der Waals surface area contributed by atoms with E-state index in [4.69, 9.17) is 4.74 Å². The lowest BCUT2D eigenvalue weighted by Crippen LogP contribution is -2.53. The van der Waals surface area contributed by atoms with E-state index >= 15 is 0 Å². The summed E-state index contributed by atoms with van der Waals surface area (Å²) in [7, 11) is 0. The van der Waals surface area contributed by atoms with Crippen molar-refractivity contribution in [2.45, 2.75) is 59.2 Å². The second kappa shape index (κ2) is 8.25. The van der Waals surface area contributed by atoms with Crippen LogP contribution in [0, 0.1) is 0 Å². The Morgan fingerprint density at radius 1 is 1.10 bits per heavy atom. The van der Waals surface area contributed by atoms with Gasteiger partial charge >= 0.3 is 11.8 Å². The average molecular weight is 284 g/mol. The minimum absolute atomic E-state index is 0.00855. The largest absolute Gasteiger partial charge is 0.372 e. The molecule has 1 aliphatic rings. The third-order valence-corrected chi connectivity index (χ3v) is 3.45. The van der Waals surface area contributed by atoms with E-state index in [1.807, 2.05) is 20.8 Å². The summed E-state index contributed by atoms with van der Waals surface area (Å²) < 4.78 is 5.60. The predicted molar refractivity (Wildman–Crippen MR) is 78.4 cm³/mol. The monoisotopic (exact) mass is 284 g/mol. The van der Waals surface area contributed by atoms with Crippen LogP contribution in [0.2, 0.25) is 0 Å². The van der Waals surface area contributed by atoms with Crippen molar-refractivity contribution >= 4 is 11.8 Å². The zero-order valence-electron chi connectivity index (χ0n) is 13.2. The van der Waals surface area contributed by atoms with Gasteiger partial charge in [-0.3, -0.25) is 9.59 Å². The van der Waals surface area contributed by atoms with Gasteiger partial charge in [-0.2, -0.15) is 0 Å². The molecule has 20 heavy (non-hydrogen) atoms. The van der Waals surface area contributed by atoms with Crippen LogP contribution in [0.15, 0.2) is 0 Å². The zero-order valence-corrected chi connectivity index (χ0v) is 13.2. The minimum atomic E-state index is -0.378. The van der Waals surface area contributed by atoms with Crippen molar-refractivity contribution in [2.75, 3.05) is 26.2 Å². The number of rotatable bonds is 5. The summed E-state index contributed by atoms with van der Waals surface area (Å²) in [6.07, 6.45) is 2.82. The van der Waals surface area contributed by atoms with Crippen LogP contribution in [-0.2, 0) is 14.3 Å². The third-order valence-electron chi connectivity index (χ3n) is 3.45. The molecule has 0 saturated carbocycles. The fraction of sp³-hybridized carbons (Fsp3) is 0.867. The maximum Gasteiger partial charge on any atom is 0.312 e. The topological polar surface area (TPSA) is 49.9 Å². The standard InChI is InChI=1S/C15H28N2O3/c1-5-7-9-16(8-6-2)14(18)15(19)17-10-12(3)20-13(4)11-17/h12-13H,5-11H2,1-4H3. The van der Waals surface area contributed by atoms with E-state index in [-0.39, 0.29) is 24.0 Å². The van der Waals surface area contributed by atoms with E-state index in [2.05, 4.69) is 6.92 Å². The summed E-state index contributed by atoms with van der Waals surface area (Å²) in [6.45, 7) is 10.3. The van der Waals surface area contributed by atoms with Gasteiger partial charge in [-0.1, -0.05) is 20.3 Å². The molecule has 1 rings (SSSR count). The Morgan fingerprint density at radius 3 is 2.20 bits per heavy atom. The van der Waals surface area contributed by atoms with Crippen LogP contribution in [0.4, 0.5) is 0 Å². The first kappa shape index (κ1) is 17.0. The van der Waals surface area contributed by atoms with Crippen LogP contribution in [0.5, 0.6) is 0 Å².